The molecule has 0 aliphatic carbocycles. The number of amides is 2. The van der Waals surface area contributed by atoms with E-state index in [2.05, 4.69) is 10.6 Å². The third kappa shape index (κ3) is 6.81. The summed E-state index contributed by atoms with van der Waals surface area (Å²) in [6.45, 7) is 2.51. The lowest BCUT2D eigenvalue weighted by atomic mass is 10.1. The normalized spacial score (nSPS) is 11.8. The van der Waals surface area contributed by atoms with Crippen molar-refractivity contribution in [2.24, 2.45) is 0 Å². The van der Waals surface area contributed by atoms with Crippen molar-refractivity contribution in [3.05, 3.63) is 22.4 Å². The molecule has 3 N–H and O–H groups in total. The van der Waals surface area contributed by atoms with Gasteiger partial charge in [0.1, 0.15) is 0 Å². The highest BCUT2D eigenvalue weighted by atomic mass is 32.1. The third-order valence-corrected chi connectivity index (χ3v) is 3.40. The van der Waals surface area contributed by atoms with Gasteiger partial charge in [-0.2, -0.15) is 11.3 Å². The Morgan fingerprint density at radius 2 is 2.26 bits per heavy atom. The van der Waals surface area contributed by atoms with Gasteiger partial charge in [-0.1, -0.05) is 13.3 Å². The zero-order chi connectivity index (χ0) is 14.1. The van der Waals surface area contributed by atoms with Crippen LogP contribution in [0.15, 0.2) is 16.8 Å². The molecular weight excluding hydrogens is 264 g/mol. The van der Waals surface area contributed by atoms with Crippen molar-refractivity contribution in [3.63, 3.8) is 0 Å². The summed E-state index contributed by atoms with van der Waals surface area (Å²) in [4.78, 5) is 22.3. The number of rotatable bonds is 8. The molecule has 0 saturated heterocycles. The van der Waals surface area contributed by atoms with Gasteiger partial charge in [0.05, 0.1) is 6.42 Å². The largest absolute Gasteiger partial charge is 0.481 e. The van der Waals surface area contributed by atoms with Crippen molar-refractivity contribution in [2.75, 3.05) is 6.54 Å². The Morgan fingerprint density at radius 3 is 2.84 bits per heavy atom. The average molecular weight is 284 g/mol. The number of carbonyl (C=O) groups excluding carboxylic acids is 1. The van der Waals surface area contributed by atoms with Gasteiger partial charge >= 0.3 is 12.0 Å². The lowest BCUT2D eigenvalue weighted by Crippen LogP contribution is -2.43. The standard InChI is InChI=1S/C13H20N2O3S/c1-2-3-11(8-12(16)17)15-13(18)14-6-4-10-5-7-19-9-10/h5,7,9,11H,2-4,6,8H2,1H3,(H,16,17)(H2,14,15,18). The molecule has 1 unspecified atom stereocenters. The number of carbonyl (C=O) groups is 2. The molecule has 1 atom stereocenters. The Balaban J connectivity index is 2.25. The van der Waals surface area contributed by atoms with Crippen LogP contribution in [-0.2, 0) is 11.2 Å². The maximum atomic E-state index is 11.6. The molecule has 6 heteroatoms. The van der Waals surface area contributed by atoms with Crippen LogP contribution in [0.3, 0.4) is 0 Å². The molecule has 0 spiro atoms. The summed E-state index contributed by atoms with van der Waals surface area (Å²) in [5.41, 5.74) is 1.20. The minimum atomic E-state index is -0.892. The quantitative estimate of drug-likeness (QED) is 0.685. The number of aliphatic carboxylic acids is 1. The lowest BCUT2D eigenvalue weighted by Gasteiger charge is -2.16. The van der Waals surface area contributed by atoms with Crippen LogP contribution >= 0.6 is 11.3 Å². The third-order valence-electron chi connectivity index (χ3n) is 2.67. The molecule has 5 nitrogen and oxygen atoms in total. The van der Waals surface area contributed by atoms with Crippen molar-refractivity contribution < 1.29 is 14.7 Å². The van der Waals surface area contributed by atoms with Crippen LogP contribution in [0.4, 0.5) is 4.79 Å². The number of hydrogen-bond donors (Lipinski definition) is 3. The average Bonchev–Trinajstić information content (AvgIpc) is 2.81. The molecule has 0 radical (unpaired) electrons. The zero-order valence-corrected chi connectivity index (χ0v) is 11.8. The van der Waals surface area contributed by atoms with Crippen LogP contribution in [0.5, 0.6) is 0 Å². The van der Waals surface area contributed by atoms with Crippen LogP contribution in [0.1, 0.15) is 31.7 Å². The molecule has 0 aromatic carbocycles. The molecule has 1 rings (SSSR count). The topological polar surface area (TPSA) is 78.4 Å². The highest BCUT2D eigenvalue weighted by Crippen LogP contribution is 2.05. The van der Waals surface area contributed by atoms with E-state index in [0.717, 1.165) is 12.8 Å². The van der Waals surface area contributed by atoms with E-state index < -0.39 is 5.97 Å². The summed E-state index contributed by atoms with van der Waals surface area (Å²) in [6.07, 6.45) is 2.26. The van der Waals surface area contributed by atoms with E-state index in [1.165, 1.54) is 5.56 Å². The van der Waals surface area contributed by atoms with Crippen molar-refractivity contribution in [1.82, 2.24) is 10.6 Å². The monoisotopic (exact) mass is 284 g/mol. The summed E-state index contributed by atoms with van der Waals surface area (Å²) in [7, 11) is 0. The van der Waals surface area contributed by atoms with Gasteiger partial charge < -0.3 is 15.7 Å². The Morgan fingerprint density at radius 1 is 1.47 bits per heavy atom. The molecule has 1 heterocycles. The summed E-state index contributed by atoms with van der Waals surface area (Å²) in [6, 6.07) is 1.42. The summed E-state index contributed by atoms with van der Waals surface area (Å²) < 4.78 is 0. The van der Waals surface area contributed by atoms with Crippen LogP contribution < -0.4 is 10.6 Å². The SMILES string of the molecule is CCCC(CC(=O)O)NC(=O)NCCc1ccsc1. The van der Waals surface area contributed by atoms with Gasteiger partial charge in [0.15, 0.2) is 0 Å². The number of thiophene rings is 1. The van der Waals surface area contributed by atoms with E-state index in [0.29, 0.717) is 13.0 Å². The first-order valence-corrected chi connectivity index (χ1v) is 7.33. The van der Waals surface area contributed by atoms with Crippen molar-refractivity contribution in [3.8, 4) is 0 Å². The van der Waals surface area contributed by atoms with E-state index in [9.17, 15) is 9.59 Å². The highest BCUT2D eigenvalue weighted by molar-refractivity contribution is 7.07. The minimum absolute atomic E-state index is 0.0359. The van der Waals surface area contributed by atoms with E-state index in [1.807, 2.05) is 23.8 Å². The van der Waals surface area contributed by atoms with Gasteiger partial charge in [-0.05, 0) is 35.2 Å². The first kappa shape index (κ1) is 15.5. The second-order valence-electron chi connectivity index (χ2n) is 4.37. The van der Waals surface area contributed by atoms with E-state index in [1.54, 1.807) is 11.3 Å². The molecule has 19 heavy (non-hydrogen) atoms. The predicted molar refractivity (Wildman–Crippen MR) is 75.5 cm³/mol. The first-order chi connectivity index (χ1) is 9.11. The van der Waals surface area contributed by atoms with Crippen LogP contribution in [0.2, 0.25) is 0 Å². The molecule has 1 aromatic rings. The maximum Gasteiger partial charge on any atom is 0.315 e. The van der Waals surface area contributed by atoms with Gasteiger partial charge in [0.25, 0.3) is 0 Å². The summed E-state index contributed by atoms with van der Waals surface area (Å²) in [5, 5.41) is 18.2. The van der Waals surface area contributed by atoms with Gasteiger partial charge in [-0.3, -0.25) is 4.79 Å². The highest BCUT2D eigenvalue weighted by Gasteiger charge is 2.14. The second-order valence-corrected chi connectivity index (χ2v) is 5.15. The van der Waals surface area contributed by atoms with Crippen molar-refractivity contribution >= 4 is 23.3 Å². The molecule has 0 aliphatic rings. The Hall–Kier alpha value is -1.56. The Kier molecular flexibility index (Phi) is 6.95. The molecule has 0 bridgehead atoms. The molecular formula is C13H20N2O3S. The Labute approximate surface area is 117 Å². The van der Waals surface area contributed by atoms with Crippen LogP contribution in [-0.4, -0.2) is 29.7 Å². The second kappa shape index (κ2) is 8.53. The molecule has 1 aromatic heterocycles. The van der Waals surface area contributed by atoms with Gasteiger partial charge in [-0.15, -0.1) is 0 Å². The van der Waals surface area contributed by atoms with Gasteiger partial charge in [0.2, 0.25) is 0 Å². The number of carboxylic acid groups (broad SMARTS) is 1. The Bertz CT molecular complexity index is 393. The number of carboxylic acids is 1. The summed E-state index contributed by atoms with van der Waals surface area (Å²) in [5.74, 6) is -0.892. The number of hydrogen-bond acceptors (Lipinski definition) is 3. The zero-order valence-electron chi connectivity index (χ0n) is 11.0. The maximum absolute atomic E-state index is 11.6. The molecule has 0 fully saturated rings. The summed E-state index contributed by atoms with van der Waals surface area (Å²) >= 11 is 1.63. The smallest absolute Gasteiger partial charge is 0.315 e. The number of urea groups is 1. The van der Waals surface area contributed by atoms with Gasteiger partial charge in [0, 0.05) is 12.6 Å². The number of nitrogens with one attached hydrogen (secondary N) is 2. The first-order valence-electron chi connectivity index (χ1n) is 6.39. The van der Waals surface area contributed by atoms with Gasteiger partial charge in [-0.25, -0.2) is 4.79 Å². The fourth-order valence-electron chi connectivity index (χ4n) is 1.78. The van der Waals surface area contributed by atoms with E-state index in [4.69, 9.17) is 5.11 Å². The molecule has 2 amide bonds. The molecule has 0 saturated carbocycles. The van der Waals surface area contributed by atoms with E-state index in [-0.39, 0.29) is 18.5 Å². The lowest BCUT2D eigenvalue weighted by molar-refractivity contribution is -0.137. The fraction of sp³-hybridized carbons (Fsp3) is 0.538. The molecule has 106 valence electrons. The molecule has 0 aliphatic heterocycles. The van der Waals surface area contributed by atoms with Crippen molar-refractivity contribution in [1.29, 1.82) is 0 Å². The predicted octanol–water partition coefficient (Wildman–Crippen LogP) is 2.23. The van der Waals surface area contributed by atoms with Crippen LogP contribution in [0.25, 0.3) is 0 Å². The fourth-order valence-corrected chi connectivity index (χ4v) is 2.48. The van der Waals surface area contributed by atoms with Crippen molar-refractivity contribution in [2.45, 2.75) is 38.6 Å². The van der Waals surface area contributed by atoms with Crippen LogP contribution in [0, 0.1) is 0 Å². The minimum Gasteiger partial charge on any atom is -0.481 e. The van der Waals surface area contributed by atoms with E-state index >= 15 is 0 Å².